The molecule has 0 saturated carbocycles. The van der Waals surface area contributed by atoms with Gasteiger partial charge in [0.15, 0.2) is 17.5 Å². The van der Waals surface area contributed by atoms with E-state index in [0.717, 1.165) is 29.6 Å². The summed E-state index contributed by atoms with van der Waals surface area (Å²) in [4.78, 5) is 5.65. The van der Waals surface area contributed by atoms with Crippen molar-refractivity contribution < 1.29 is 9.47 Å². The molecular weight excluding hydrogens is 322 g/mol. The van der Waals surface area contributed by atoms with E-state index in [1.807, 2.05) is 18.2 Å². The summed E-state index contributed by atoms with van der Waals surface area (Å²) in [7, 11) is 5.05. The van der Waals surface area contributed by atoms with E-state index < -0.39 is 0 Å². The van der Waals surface area contributed by atoms with Gasteiger partial charge in [0.25, 0.3) is 0 Å². The average Bonchev–Trinajstić information content (AvgIpc) is 3.16. The Bertz CT molecular complexity index is 656. The van der Waals surface area contributed by atoms with Gasteiger partial charge in [-0.3, -0.25) is 4.99 Å². The fourth-order valence-corrected chi connectivity index (χ4v) is 3.11. The Kier molecular flexibility index (Phi) is 6.93. The van der Waals surface area contributed by atoms with Gasteiger partial charge in [0, 0.05) is 30.9 Å². The lowest BCUT2D eigenvalue weighted by atomic mass is 10.1. The molecule has 1 aromatic heterocycles. The number of benzene rings is 1. The summed E-state index contributed by atoms with van der Waals surface area (Å²) < 4.78 is 10.6. The van der Waals surface area contributed by atoms with Crippen LogP contribution in [0.5, 0.6) is 11.5 Å². The Labute approximate surface area is 147 Å². The van der Waals surface area contributed by atoms with Gasteiger partial charge in [-0.2, -0.15) is 0 Å². The van der Waals surface area contributed by atoms with Gasteiger partial charge in [-0.15, -0.1) is 11.3 Å². The molecule has 0 saturated heterocycles. The van der Waals surface area contributed by atoms with Crippen molar-refractivity contribution in [1.29, 1.82) is 0 Å². The molecule has 0 aliphatic carbocycles. The van der Waals surface area contributed by atoms with E-state index in [0.29, 0.717) is 12.5 Å². The lowest BCUT2D eigenvalue weighted by molar-refractivity contribution is 0.354. The lowest BCUT2D eigenvalue weighted by Gasteiger charge is -2.16. The minimum absolute atomic E-state index is 0.449. The monoisotopic (exact) mass is 347 g/mol. The average molecular weight is 347 g/mol. The first-order valence-electron chi connectivity index (χ1n) is 7.86. The van der Waals surface area contributed by atoms with E-state index in [-0.39, 0.29) is 0 Å². The third kappa shape index (κ3) is 4.89. The molecule has 2 aromatic rings. The van der Waals surface area contributed by atoms with Crippen molar-refractivity contribution in [3.8, 4) is 11.5 Å². The maximum Gasteiger partial charge on any atom is 0.191 e. The number of thiophene rings is 1. The first kappa shape index (κ1) is 18.1. The highest BCUT2D eigenvalue weighted by molar-refractivity contribution is 7.10. The number of hydrogen-bond donors (Lipinski definition) is 2. The molecule has 0 aliphatic rings. The van der Waals surface area contributed by atoms with E-state index in [1.165, 1.54) is 4.88 Å². The highest BCUT2D eigenvalue weighted by Gasteiger charge is 2.08. The second kappa shape index (κ2) is 9.17. The number of nitrogens with one attached hydrogen (secondary N) is 2. The summed E-state index contributed by atoms with van der Waals surface area (Å²) in [6.07, 6.45) is 0. The number of hydrogen-bond acceptors (Lipinski definition) is 4. The number of ether oxygens (including phenoxy) is 2. The molecule has 0 radical (unpaired) electrons. The number of guanidine groups is 1. The standard InChI is InChI=1S/C18H25N3O2S/c1-13(17-6-5-9-24-17)11-20-18(19-2)21-12-14-7-8-15(22-3)16(10-14)23-4/h5-10,13H,11-12H2,1-4H3,(H2,19,20,21). The summed E-state index contributed by atoms with van der Waals surface area (Å²) >= 11 is 1.78. The van der Waals surface area contributed by atoms with Gasteiger partial charge in [0.2, 0.25) is 0 Å². The molecule has 5 nitrogen and oxygen atoms in total. The molecule has 0 amide bonds. The van der Waals surface area contributed by atoms with E-state index in [2.05, 4.69) is 40.1 Å². The molecule has 1 heterocycles. The lowest BCUT2D eigenvalue weighted by Crippen LogP contribution is -2.38. The van der Waals surface area contributed by atoms with Crippen LogP contribution in [-0.2, 0) is 6.54 Å². The minimum Gasteiger partial charge on any atom is -0.493 e. The fourth-order valence-electron chi connectivity index (χ4n) is 2.32. The SMILES string of the molecule is CN=C(NCc1ccc(OC)c(OC)c1)NCC(C)c1cccs1. The Morgan fingerprint density at radius 1 is 1.17 bits per heavy atom. The van der Waals surface area contributed by atoms with Crippen LogP contribution in [0.2, 0.25) is 0 Å². The molecule has 0 spiro atoms. The van der Waals surface area contributed by atoms with Crippen LogP contribution in [0.3, 0.4) is 0 Å². The predicted molar refractivity (Wildman–Crippen MR) is 100 cm³/mol. The van der Waals surface area contributed by atoms with Crippen molar-refractivity contribution >= 4 is 17.3 Å². The molecule has 0 aliphatic heterocycles. The third-order valence-corrected chi connectivity index (χ3v) is 4.84. The van der Waals surface area contributed by atoms with Crippen LogP contribution in [-0.4, -0.2) is 33.8 Å². The highest BCUT2D eigenvalue weighted by Crippen LogP contribution is 2.27. The first-order chi connectivity index (χ1) is 11.7. The van der Waals surface area contributed by atoms with E-state index in [9.17, 15) is 0 Å². The van der Waals surface area contributed by atoms with Crippen LogP contribution in [0.4, 0.5) is 0 Å². The van der Waals surface area contributed by atoms with Crippen molar-refractivity contribution in [1.82, 2.24) is 10.6 Å². The molecule has 1 aromatic carbocycles. The molecule has 24 heavy (non-hydrogen) atoms. The molecule has 1 atom stereocenters. The second-order valence-corrected chi connectivity index (χ2v) is 6.39. The quantitative estimate of drug-likeness (QED) is 0.596. The van der Waals surface area contributed by atoms with Crippen molar-refractivity contribution in [2.75, 3.05) is 27.8 Å². The molecular formula is C18H25N3O2S. The Balaban J connectivity index is 1.87. The van der Waals surface area contributed by atoms with Gasteiger partial charge >= 0.3 is 0 Å². The molecule has 2 rings (SSSR count). The molecule has 130 valence electrons. The predicted octanol–water partition coefficient (Wildman–Crippen LogP) is 3.23. The van der Waals surface area contributed by atoms with Crippen LogP contribution >= 0.6 is 11.3 Å². The van der Waals surface area contributed by atoms with E-state index in [4.69, 9.17) is 9.47 Å². The Morgan fingerprint density at radius 2 is 1.96 bits per heavy atom. The topological polar surface area (TPSA) is 54.9 Å². The third-order valence-electron chi connectivity index (χ3n) is 3.74. The summed E-state index contributed by atoms with van der Waals surface area (Å²) in [6, 6.07) is 10.1. The maximum atomic E-state index is 5.33. The van der Waals surface area contributed by atoms with Crippen LogP contribution in [0.1, 0.15) is 23.3 Å². The van der Waals surface area contributed by atoms with Gasteiger partial charge in [0.05, 0.1) is 14.2 Å². The van der Waals surface area contributed by atoms with Crippen LogP contribution in [0, 0.1) is 0 Å². The normalized spacial score (nSPS) is 12.6. The van der Waals surface area contributed by atoms with Crippen molar-refractivity contribution in [3.63, 3.8) is 0 Å². The summed E-state index contributed by atoms with van der Waals surface area (Å²) in [5.74, 6) is 2.69. The Morgan fingerprint density at radius 3 is 2.58 bits per heavy atom. The second-order valence-electron chi connectivity index (χ2n) is 5.41. The molecule has 1 unspecified atom stereocenters. The summed E-state index contributed by atoms with van der Waals surface area (Å²) in [6.45, 7) is 3.71. The van der Waals surface area contributed by atoms with Gasteiger partial charge in [-0.05, 0) is 29.1 Å². The summed E-state index contributed by atoms with van der Waals surface area (Å²) in [5, 5.41) is 8.80. The van der Waals surface area contributed by atoms with Crippen LogP contribution < -0.4 is 20.1 Å². The first-order valence-corrected chi connectivity index (χ1v) is 8.74. The molecule has 0 bridgehead atoms. The zero-order chi connectivity index (χ0) is 17.4. The number of nitrogens with zero attached hydrogens (tertiary/aromatic N) is 1. The molecule has 0 fully saturated rings. The number of aliphatic imine (C=N–C) groups is 1. The zero-order valence-electron chi connectivity index (χ0n) is 14.6. The van der Waals surface area contributed by atoms with Crippen molar-refractivity contribution in [2.24, 2.45) is 4.99 Å². The zero-order valence-corrected chi connectivity index (χ0v) is 15.4. The molecule has 2 N–H and O–H groups in total. The van der Waals surface area contributed by atoms with Gasteiger partial charge in [-0.1, -0.05) is 19.1 Å². The fraction of sp³-hybridized carbons (Fsp3) is 0.389. The van der Waals surface area contributed by atoms with Gasteiger partial charge < -0.3 is 20.1 Å². The van der Waals surface area contributed by atoms with Gasteiger partial charge in [0.1, 0.15) is 0 Å². The minimum atomic E-state index is 0.449. The van der Waals surface area contributed by atoms with Crippen LogP contribution in [0.25, 0.3) is 0 Å². The molecule has 6 heteroatoms. The van der Waals surface area contributed by atoms with E-state index >= 15 is 0 Å². The van der Waals surface area contributed by atoms with Crippen molar-refractivity contribution in [3.05, 3.63) is 46.2 Å². The maximum absolute atomic E-state index is 5.33. The van der Waals surface area contributed by atoms with Crippen molar-refractivity contribution in [2.45, 2.75) is 19.4 Å². The number of methoxy groups -OCH3 is 2. The van der Waals surface area contributed by atoms with Crippen LogP contribution in [0.15, 0.2) is 40.7 Å². The highest BCUT2D eigenvalue weighted by atomic mass is 32.1. The largest absolute Gasteiger partial charge is 0.493 e. The smallest absolute Gasteiger partial charge is 0.191 e. The Hall–Kier alpha value is -2.21. The van der Waals surface area contributed by atoms with E-state index in [1.54, 1.807) is 32.6 Å². The summed E-state index contributed by atoms with van der Waals surface area (Å²) in [5.41, 5.74) is 1.10. The van der Waals surface area contributed by atoms with Gasteiger partial charge in [-0.25, -0.2) is 0 Å². The number of rotatable bonds is 7.